The van der Waals surface area contributed by atoms with Crippen LogP contribution in [0.2, 0.25) is 0 Å². The van der Waals surface area contributed by atoms with Crippen LogP contribution in [0.5, 0.6) is 11.5 Å². The van der Waals surface area contributed by atoms with E-state index in [0.29, 0.717) is 0 Å². The first-order valence-electron chi connectivity index (χ1n) is 9.77. The van der Waals surface area contributed by atoms with Crippen molar-refractivity contribution in [3.63, 3.8) is 0 Å². The molecule has 2 fully saturated rings. The van der Waals surface area contributed by atoms with E-state index in [1.807, 2.05) is 6.07 Å². The lowest BCUT2D eigenvalue weighted by Gasteiger charge is -2.38. The summed E-state index contributed by atoms with van der Waals surface area (Å²) in [5.74, 6) is 2.59. The minimum Gasteiger partial charge on any atom is -0.493 e. The van der Waals surface area contributed by atoms with Gasteiger partial charge in [-0.2, -0.15) is 0 Å². The molecule has 0 aromatic heterocycles. The Hall–Kier alpha value is -1.22. The molecule has 0 unspecified atom stereocenters. The standard InChI is InChI=1S/C21H33NO2/c1-23-20-13-12-17(16-21(20)24-2)8-7-10-18-9-3-4-11-19(18)22-14-5-6-15-22/h12-13,16,18-19H,3-11,14-15H2,1-2H3/t18-,19+/m1/s1. The minimum atomic E-state index is 0.822. The molecule has 1 heterocycles. The molecule has 1 aliphatic carbocycles. The first-order valence-corrected chi connectivity index (χ1v) is 9.77. The van der Waals surface area contributed by atoms with Gasteiger partial charge in [0.2, 0.25) is 0 Å². The van der Waals surface area contributed by atoms with Crippen LogP contribution in [0.4, 0.5) is 0 Å². The molecule has 1 aromatic carbocycles. The lowest BCUT2D eigenvalue weighted by atomic mass is 9.80. The highest BCUT2D eigenvalue weighted by Crippen LogP contribution is 2.34. The van der Waals surface area contributed by atoms with Crippen LogP contribution in [0.1, 0.15) is 56.9 Å². The monoisotopic (exact) mass is 331 g/mol. The van der Waals surface area contributed by atoms with Crippen molar-refractivity contribution in [2.45, 2.75) is 63.8 Å². The molecule has 3 rings (SSSR count). The summed E-state index contributed by atoms with van der Waals surface area (Å²) in [5, 5.41) is 0. The quantitative estimate of drug-likeness (QED) is 0.724. The zero-order valence-electron chi connectivity index (χ0n) is 15.4. The van der Waals surface area contributed by atoms with Crippen molar-refractivity contribution in [3.8, 4) is 11.5 Å². The number of methoxy groups -OCH3 is 2. The molecule has 1 saturated heterocycles. The van der Waals surface area contributed by atoms with Crippen molar-refractivity contribution in [1.29, 1.82) is 0 Å². The van der Waals surface area contributed by atoms with Crippen molar-refractivity contribution in [2.24, 2.45) is 5.92 Å². The first-order chi connectivity index (χ1) is 11.8. The number of aryl methyl sites for hydroxylation is 1. The van der Waals surface area contributed by atoms with Gasteiger partial charge >= 0.3 is 0 Å². The van der Waals surface area contributed by atoms with Crippen LogP contribution in [0, 0.1) is 5.92 Å². The lowest BCUT2D eigenvalue weighted by Crippen LogP contribution is -2.40. The van der Waals surface area contributed by atoms with E-state index in [-0.39, 0.29) is 0 Å². The molecule has 0 spiro atoms. The molecule has 134 valence electrons. The van der Waals surface area contributed by atoms with Gasteiger partial charge in [-0.05, 0) is 81.6 Å². The molecule has 2 atom stereocenters. The Labute approximate surface area is 147 Å². The summed E-state index contributed by atoms with van der Waals surface area (Å²) in [5.41, 5.74) is 1.36. The predicted octanol–water partition coefficient (Wildman–Crippen LogP) is 4.68. The third-order valence-electron chi connectivity index (χ3n) is 5.97. The molecular formula is C21H33NO2. The SMILES string of the molecule is COc1ccc(CCC[C@H]2CCCC[C@@H]2N2CCCC2)cc1OC. The number of hydrogen-bond donors (Lipinski definition) is 0. The van der Waals surface area contributed by atoms with Crippen LogP contribution in [0.25, 0.3) is 0 Å². The molecular weight excluding hydrogens is 298 g/mol. The van der Waals surface area contributed by atoms with Gasteiger partial charge in [-0.15, -0.1) is 0 Å². The summed E-state index contributed by atoms with van der Waals surface area (Å²) in [6, 6.07) is 7.21. The van der Waals surface area contributed by atoms with Gasteiger partial charge in [0.05, 0.1) is 14.2 Å². The normalized spacial score (nSPS) is 24.9. The summed E-state index contributed by atoms with van der Waals surface area (Å²) in [6.45, 7) is 2.69. The second-order valence-electron chi connectivity index (χ2n) is 7.44. The molecule has 1 aliphatic heterocycles. The first kappa shape index (κ1) is 17.6. The fraction of sp³-hybridized carbons (Fsp3) is 0.714. The molecule has 0 N–H and O–H groups in total. The number of hydrogen-bond acceptors (Lipinski definition) is 3. The van der Waals surface area contributed by atoms with E-state index >= 15 is 0 Å². The van der Waals surface area contributed by atoms with E-state index in [9.17, 15) is 0 Å². The molecule has 0 bridgehead atoms. The zero-order chi connectivity index (χ0) is 16.8. The van der Waals surface area contributed by atoms with Gasteiger partial charge in [0.1, 0.15) is 0 Å². The van der Waals surface area contributed by atoms with Crippen molar-refractivity contribution in [2.75, 3.05) is 27.3 Å². The zero-order valence-corrected chi connectivity index (χ0v) is 15.4. The molecule has 24 heavy (non-hydrogen) atoms. The lowest BCUT2D eigenvalue weighted by molar-refractivity contribution is 0.121. The van der Waals surface area contributed by atoms with Crippen molar-refractivity contribution >= 4 is 0 Å². The van der Waals surface area contributed by atoms with E-state index in [0.717, 1.165) is 29.9 Å². The number of likely N-dealkylation sites (tertiary alicyclic amines) is 1. The average molecular weight is 332 g/mol. The van der Waals surface area contributed by atoms with Crippen LogP contribution in [-0.2, 0) is 6.42 Å². The third-order valence-corrected chi connectivity index (χ3v) is 5.97. The highest BCUT2D eigenvalue weighted by Gasteiger charge is 2.30. The minimum absolute atomic E-state index is 0.822. The maximum atomic E-state index is 5.43. The maximum absolute atomic E-state index is 5.43. The van der Waals surface area contributed by atoms with Crippen LogP contribution >= 0.6 is 0 Å². The van der Waals surface area contributed by atoms with Crippen LogP contribution < -0.4 is 9.47 Å². The fourth-order valence-corrected chi connectivity index (χ4v) is 4.68. The summed E-state index contributed by atoms with van der Waals surface area (Å²) in [7, 11) is 3.41. The molecule has 3 heteroatoms. The predicted molar refractivity (Wildman–Crippen MR) is 99.0 cm³/mol. The second kappa shape index (κ2) is 8.75. The summed E-state index contributed by atoms with van der Waals surface area (Å²) < 4.78 is 10.8. The van der Waals surface area contributed by atoms with Crippen molar-refractivity contribution < 1.29 is 9.47 Å². The Bertz CT molecular complexity index is 511. The van der Waals surface area contributed by atoms with E-state index in [1.54, 1.807) is 14.2 Å². The summed E-state index contributed by atoms with van der Waals surface area (Å²) in [4.78, 5) is 2.79. The van der Waals surface area contributed by atoms with Crippen LogP contribution in [0.3, 0.4) is 0 Å². The van der Waals surface area contributed by atoms with Gasteiger partial charge in [0.15, 0.2) is 11.5 Å². The summed E-state index contributed by atoms with van der Waals surface area (Å²) >= 11 is 0. The molecule has 3 nitrogen and oxygen atoms in total. The topological polar surface area (TPSA) is 21.7 Å². The Balaban J connectivity index is 1.52. The maximum Gasteiger partial charge on any atom is 0.160 e. The number of nitrogens with zero attached hydrogens (tertiary/aromatic N) is 1. The molecule has 0 amide bonds. The average Bonchev–Trinajstić information content (AvgIpc) is 3.16. The molecule has 2 aliphatic rings. The Morgan fingerprint density at radius 1 is 0.958 bits per heavy atom. The van der Waals surface area contributed by atoms with E-state index in [1.165, 1.54) is 70.0 Å². The van der Waals surface area contributed by atoms with Crippen LogP contribution in [0.15, 0.2) is 18.2 Å². The van der Waals surface area contributed by atoms with Gasteiger partial charge in [0.25, 0.3) is 0 Å². The molecule has 0 radical (unpaired) electrons. The Kier molecular flexibility index (Phi) is 6.42. The van der Waals surface area contributed by atoms with Gasteiger partial charge in [0, 0.05) is 6.04 Å². The molecule has 1 saturated carbocycles. The van der Waals surface area contributed by atoms with Gasteiger partial charge in [-0.1, -0.05) is 18.9 Å². The second-order valence-corrected chi connectivity index (χ2v) is 7.44. The van der Waals surface area contributed by atoms with Gasteiger partial charge in [-0.25, -0.2) is 0 Å². The van der Waals surface area contributed by atoms with Gasteiger partial charge < -0.3 is 14.4 Å². The largest absolute Gasteiger partial charge is 0.493 e. The number of benzene rings is 1. The van der Waals surface area contributed by atoms with E-state index < -0.39 is 0 Å². The smallest absolute Gasteiger partial charge is 0.160 e. The Morgan fingerprint density at radius 3 is 2.46 bits per heavy atom. The van der Waals surface area contributed by atoms with E-state index in [4.69, 9.17) is 9.47 Å². The van der Waals surface area contributed by atoms with Crippen molar-refractivity contribution in [3.05, 3.63) is 23.8 Å². The van der Waals surface area contributed by atoms with Crippen LogP contribution in [-0.4, -0.2) is 38.3 Å². The third kappa shape index (κ3) is 4.24. The highest BCUT2D eigenvalue weighted by molar-refractivity contribution is 5.42. The van der Waals surface area contributed by atoms with Gasteiger partial charge in [-0.3, -0.25) is 0 Å². The number of rotatable bonds is 7. The Morgan fingerprint density at radius 2 is 1.71 bits per heavy atom. The number of ether oxygens (including phenoxy) is 2. The highest BCUT2D eigenvalue weighted by atomic mass is 16.5. The molecule has 1 aromatic rings. The van der Waals surface area contributed by atoms with Crippen molar-refractivity contribution in [1.82, 2.24) is 4.90 Å². The fourth-order valence-electron chi connectivity index (χ4n) is 4.68. The van der Waals surface area contributed by atoms with E-state index in [2.05, 4.69) is 17.0 Å². The summed E-state index contributed by atoms with van der Waals surface area (Å²) in [6.07, 6.45) is 12.4.